The Balaban J connectivity index is 1.45. The summed E-state index contributed by atoms with van der Waals surface area (Å²) in [5.41, 5.74) is 3.03. The van der Waals surface area contributed by atoms with Gasteiger partial charge in [-0.15, -0.1) is 0 Å². The number of hydrogen-bond acceptors (Lipinski definition) is 4. The molecule has 1 saturated carbocycles. The minimum Gasteiger partial charge on any atom is -0.370 e. The number of fused-ring (bicyclic) bond motifs is 2. The molecule has 1 aromatic carbocycles. The van der Waals surface area contributed by atoms with E-state index >= 15 is 0 Å². The predicted octanol–water partition coefficient (Wildman–Crippen LogP) is 3.91. The number of hydrogen-bond donors (Lipinski definition) is 1. The highest BCUT2D eigenvalue weighted by atomic mass is 16.5. The van der Waals surface area contributed by atoms with Crippen LogP contribution in [0, 0.1) is 5.41 Å². The van der Waals surface area contributed by atoms with Gasteiger partial charge < -0.3 is 15.0 Å². The number of benzene rings is 1. The zero-order valence-electron chi connectivity index (χ0n) is 19.5. The maximum absolute atomic E-state index is 13.0. The summed E-state index contributed by atoms with van der Waals surface area (Å²) in [7, 11) is 0. The Hall–Kier alpha value is -2.73. The normalized spacial score (nSPS) is 24.4. The van der Waals surface area contributed by atoms with Crippen molar-refractivity contribution in [3.8, 4) is 0 Å². The smallest absolute Gasteiger partial charge is 0.228 e. The molecule has 2 heterocycles. The van der Waals surface area contributed by atoms with Crippen LogP contribution >= 0.6 is 0 Å². The lowest BCUT2D eigenvalue weighted by Gasteiger charge is -2.45. The maximum atomic E-state index is 13.0. The van der Waals surface area contributed by atoms with E-state index in [0.29, 0.717) is 18.9 Å². The number of nitrogens with zero attached hydrogens (tertiary/aromatic N) is 2. The number of aromatic nitrogens is 1. The standard InChI is InChI=1S/C27H33N3O3/c1-3-22(31)29-23-20-8-4-5-9-21(20)27(24(23)33-18-19-7-6-14-28-17-19)12-15-30(16-13-27)25(32)26(2)10-11-26/h4-9,14,17,23-24H,3,10-13,15-16,18H2,1-2H3,(H,29,31)/t23-,24+/m1/s1. The van der Waals surface area contributed by atoms with Crippen molar-refractivity contribution in [1.29, 1.82) is 0 Å². The van der Waals surface area contributed by atoms with Crippen molar-refractivity contribution >= 4 is 11.8 Å². The van der Waals surface area contributed by atoms with E-state index in [1.807, 2.05) is 31.3 Å². The molecule has 2 fully saturated rings. The average Bonchev–Trinajstić information content (AvgIpc) is 3.57. The van der Waals surface area contributed by atoms with Crippen LogP contribution in [-0.2, 0) is 26.3 Å². The highest BCUT2D eigenvalue weighted by molar-refractivity contribution is 5.85. The number of amides is 2. The van der Waals surface area contributed by atoms with Crippen molar-refractivity contribution in [2.45, 2.75) is 70.1 Å². The van der Waals surface area contributed by atoms with Crippen molar-refractivity contribution < 1.29 is 14.3 Å². The first kappa shape index (κ1) is 22.1. The van der Waals surface area contributed by atoms with Gasteiger partial charge in [0.05, 0.1) is 18.8 Å². The zero-order valence-corrected chi connectivity index (χ0v) is 19.5. The SMILES string of the molecule is CCC(=O)N[C@@H]1c2ccccc2C2(CCN(C(=O)C3(C)CC3)CC2)[C@H]1OCc1cccnc1. The van der Waals surface area contributed by atoms with Gasteiger partial charge in [0, 0.05) is 42.7 Å². The molecule has 5 rings (SSSR count). The Morgan fingerprint density at radius 1 is 1.12 bits per heavy atom. The third-order valence-corrected chi connectivity index (χ3v) is 7.93. The van der Waals surface area contributed by atoms with Crippen LogP contribution in [0.15, 0.2) is 48.8 Å². The first-order valence-electron chi connectivity index (χ1n) is 12.2. The van der Waals surface area contributed by atoms with Crippen LogP contribution in [0.2, 0.25) is 0 Å². The highest BCUT2D eigenvalue weighted by Crippen LogP contribution is 2.54. The highest BCUT2D eigenvalue weighted by Gasteiger charge is 2.56. The van der Waals surface area contributed by atoms with Gasteiger partial charge in [0.15, 0.2) is 0 Å². The number of carbonyl (C=O) groups is 2. The number of pyridine rings is 1. The summed E-state index contributed by atoms with van der Waals surface area (Å²) in [6.07, 6.45) is 7.49. The van der Waals surface area contributed by atoms with E-state index in [0.717, 1.165) is 49.9 Å². The van der Waals surface area contributed by atoms with Crippen LogP contribution in [0.4, 0.5) is 0 Å². The number of ether oxygens (including phenoxy) is 1. The molecule has 2 amide bonds. The molecule has 0 bridgehead atoms. The van der Waals surface area contributed by atoms with Crippen LogP contribution < -0.4 is 5.32 Å². The van der Waals surface area contributed by atoms with Gasteiger partial charge in [-0.2, -0.15) is 0 Å². The molecule has 2 aliphatic carbocycles. The molecule has 2 aromatic rings. The second-order valence-corrected chi connectivity index (χ2v) is 10.1. The molecular weight excluding hydrogens is 414 g/mol. The number of likely N-dealkylation sites (tertiary alicyclic amines) is 1. The maximum Gasteiger partial charge on any atom is 0.228 e. The second-order valence-electron chi connectivity index (χ2n) is 10.1. The molecule has 0 radical (unpaired) electrons. The van der Waals surface area contributed by atoms with E-state index in [4.69, 9.17) is 4.74 Å². The van der Waals surface area contributed by atoms with Gasteiger partial charge in [-0.3, -0.25) is 14.6 Å². The fourth-order valence-corrected chi connectivity index (χ4v) is 5.66. The first-order valence-corrected chi connectivity index (χ1v) is 12.2. The summed E-state index contributed by atoms with van der Waals surface area (Å²) in [5.74, 6) is 0.323. The molecule has 1 aromatic heterocycles. The average molecular weight is 448 g/mol. The summed E-state index contributed by atoms with van der Waals surface area (Å²) in [6, 6.07) is 12.1. The van der Waals surface area contributed by atoms with Crippen molar-refractivity contribution in [2.75, 3.05) is 13.1 Å². The summed E-state index contributed by atoms with van der Waals surface area (Å²) in [4.78, 5) is 31.8. The lowest BCUT2D eigenvalue weighted by Crippen LogP contribution is -2.52. The van der Waals surface area contributed by atoms with E-state index in [-0.39, 0.29) is 28.9 Å². The van der Waals surface area contributed by atoms with Crippen molar-refractivity contribution in [3.63, 3.8) is 0 Å². The van der Waals surface area contributed by atoms with Crippen LogP contribution in [-0.4, -0.2) is 40.9 Å². The minimum atomic E-state index is -0.230. The Morgan fingerprint density at radius 2 is 1.88 bits per heavy atom. The van der Waals surface area contributed by atoms with Crippen molar-refractivity contribution in [1.82, 2.24) is 15.2 Å². The molecule has 174 valence electrons. The van der Waals surface area contributed by atoms with Crippen LogP contribution in [0.1, 0.15) is 68.7 Å². The zero-order chi connectivity index (χ0) is 23.1. The Bertz CT molecular complexity index is 1030. The number of rotatable bonds is 6. The lowest BCUT2D eigenvalue weighted by molar-refractivity contribution is -0.139. The molecule has 3 aliphatic rings. The van der Waals surface area contributed by atoms with Gasteiger partial charge in [0.2, 0.25) is 11.8 Å². The topological polar surface area (TPSA) is 71.5 Å². The Morgan fingerprint density at radius 3 is 2.55 bits per heavy atom. The summed E-state index contributed by atoms with van der Waals surface area (Å²) in [6.45, 7) is 5.85. The third-order valence-electron chi connectivity index (χ3n) is 7.93. The van der Waals surface area contributed by atoms with E-state index in [1.165, 1.54) is 5.56 Å². The molecule has 33 heavy (non-hydrogen) atoms. The molecule has 1 aliphatic heterocycles. The van der Waals surface area contributed by atoms with Crippen LogP contribution in [0.25, 0.3) is 0 Å². The Labute approximate surface area is 195 Å². The number of piperidine rings is 1. The van der Waals surface area contributed by atoms with E-state index in [1.54, 1.807) is 6.20 Å². The van der Waals surface area contributed by atoms with Crippen molar-refractivity contribution in [3.05, 3.63) is 65.5 Å². The minimum absolute atomic E-state index is 0.0242. The van der Waals surface area contributed by atoms with Crippen LogP contribution in [0.5, 0.6) is 0 Å². The molecule has 6 nitrogen and oxygen atoms in total. The lowest BCUT2D eigenvalue weighted by atomic mass is 9.71. The molecular formula is C27H33N3O3. The summed E-state index contributed by atoms with van der Waals surface area (Å²) >= 11 is 0. The molecule has 1 spiro atoms. The molecule has 0 unspecified atom stereocenters. The fourth-order valence-electron chi connectivity index (χ4n) is 5.66. The Kier molecular flexibility index (Phi) is 5.73. The fraction of sp³-hybridized carbons (Fsp3) is 0.519. The van der Waals surface area contributed by atoms with Gasteiger partial charge in [0.25, 0.3) is 0 Å². The molecule has 6 heteroatoms. The second kappa shape index (κ2) is 8.56. The van der Waals surface area contributed by atoms with Gasteiger partial charge in [0.1, 0.15) is 0 Å². The molecule has 2 atom stereocenters. The quantitative estimate of drug-likeness (QED) is 0.729. The first-order chi connectivity index (χ1) is 16.0. The number of nitrogens with one attached hydrogen (secondary N) is 1. The third kappa shape index (κ3) is 3.95. The van der Waals surface area contributed by atoms with Crippen molar-refractivity contribution in [2.24, 2.45) is 5.41 Å². The van der Waals surface area contributed by atoms with Crippen LogP contribution in [0.3, 0.4) is 0 Å². The number of carbonyl (C=O) groups excluding carboxylic acids is 2. The largest absolute Gasteiger partial charge is 0.370 e. The van der Waals surface area contributed by atoms with Gasteiger partial charge >= 0.3 is 0 Å². The van der Waals surface area contributed by atoms with E-state index in [9.17, 15) is 9.59 Å². The van der Waals surface area contributed by atoms with E-state index in [2.05, 4.69) is 40.3 Å². The predicted molar refractivity (Wildman–Crippen MR) is 125 cm³/mol. The monoisotopic (exact) mass is 447 g/mol. The van der Waals surface area contributed by atoms with Gasteiger partial charge in [-0.25, -0.2) is 0 Å². The van der Waals surface area contributed by atoms with E-state index < -0.39 is 0 Å². The summed E-state index contributed by atoms with van der Waals surface area (Å²) < 4.78 is 6.64. The molecule has 1 saturated heterocycles. The van der Waals surface area contributed by atoms with Gasteiger partial charge in [-0.1, -0.05) is 44.2 Å². The van der Waals surface area contributed by atoms with Gasteiger partial charge in [-0.05, 0) is 48.4 Å². The molecule has 1 N–H and O–H groups in total. The summed E-state index contributed by atoms with van der Waals surface area (Å²) in [5, 5.41) is 3.25.